The molecule has 1 aromatic heterocycles. The van der Waals surface area contributed by atoms with Crippen LogP contribution in [0.15, 0.2) is 41.0 Å². The number of nitrogens with zero attached hydrogens (tertiary/aromatic N) is 1. The van der Waals surface area contributed by atoms with Crippen LogP contribution in [-0.4, -0.2) is 19.1 Å². The number of anilines is 1. The molecule has 0 fully saturated rings. The molecule has 108 valence electrons. The second-order valence-corrected chi connectivity index (χ2v) is 5.20. The minimum Gasteiger partial charge on any atom is -0.618 e. The maximum absolute atomic E-state index is 12.1. The van der Waals surface area contributed by atoms with Crippen LogP contribution in [0.25, 0.3) is 0 Å². The van der Waals surface area contributed by atoms with Crippen LogP contribution in [0, 0.1) is 5.21 Å². The van der Waals surface area contributed by atoms with E-state index < -0.39 is 5.91 Å². The average Bonchev–Trinajstić information content (AvgIpc) is 2.48. The van der Waals surface area contributed by atoms with E-state index in [9.17, 15) is 10.0 Å². The summed E-state index contributed by atoms with van der Waals surface area (Å²) in [6.45, 7) is 0.951. The van der Waals surface area contributed by atoms with Crippen molar-refractivity contribution in [3.05, 3.63) is 51.9 Å². The van der Waals surface area contributed by atoms with E-state index in [1.54, 1.807) is 24.3 Å². The lowest BCUT2D eigenvalue weighted by atomic mass is 10.2. The SMILES string of the molecule is O=C(Nc1cc2c(cc1Br)OCCO2)c1cccc[n+]1[O-]. The number of aromatic nitrogens is 1. The maximum atomic E-state index is 12.1. The van der Waals surface area contributed by atoms with Gasteiger partial charge in [-0.2, -0.15) is 4.73 Å². The molecule has 1 aliphatic rings. The van der Waals surface area contributed by atoms with E-state index in [-0.39, 0.29) is 5.69 Å². The van der Waals surface area contributed by atoms with Gasteiger partial charge >= 0.3 is 5.91 Å². The van der Waals surface area contributed by atoms with Crippen LogP contribution in [0.4, 0.5) is 5.69 Å². The van der Waals surface area contributed by atoms with E-state index in [1.807, 2.05) is 0 Å². The number of pyridine rings is 1. The second-order valence-electron chi connectivity index (χ2n) is 4.34. The van der Waals surface area contributed by atoms with Gasteiger partial charge in [0.1, 0.15) is 13.2 Å². The van der Waals surface area contributed by atoms with Gasteiger partial charge in [0.05, 0.1) is 5.69 Å². The molecule has 0 radical (unpaired) electrons. The summed E-state index contributed by atoms with van der Waals surface area (Å²) in [6.07, 6.45) is 1.27. The van der Waals surface area contributed by atoms with Crippen LogP contribution < -0.4 is 19.5 Å². The summed E-state index contributed by atoms with van der Waals surface area (Å²) < 4.78 is 12.1. The van der Waals surface area contributed by atoms with E-state index in [1.165, 1.54) is 12.3 Å². The lowest BCUT2D eigenvalue weighted by Crippen LogP contribution is -2.36. The van der Waals surface area contributed by atoms with E-state index in [4.69, 9.17) is 9.47 Å². The minimum absolute atomic E-state index is 0.0132. The molecule has 0 saturated carbocycles. The van der Waals surface area contributed by atoms with Gasteiger partial charge in [-0.1, -0.05) is 0 Å². The number of halogens is 1. The van der Waals surface area contributed by atoms with Crippen molar-refractivity contribution in [3.8, 4) is 11.5 Å². The Balaban J connectivity index is 1.88. The molecule has 0 unspecified atom stereocenters. The van der Waals surface area contributed by atoms with Crippen LogP contribution >= 0.6 is 15.9 Å². The summed E-state index contributed by atoms with van der Waals surface area (Å²) in [6, 6.07) is 8.02. The first-order valence-corrected chi connectivity index (χ1v) is 7.03. The molecular formula is C14H11BrN2O4. The van der Waals surface area contributed by atoms with Gasteiger partial charge in [-0.3, -0.25) is 4.79 Å². The zero-order valence-corrected chi connectivity index (χ0v) is 12.4. The van der Waals surface area contributed by atoms with Crippen molar-refractivity contribution in [2.45, 2.75) is 0 Å². The van der Waals surface area contributed by atoms with Crippen LogP contribution in [0.3, 0.4) is 0 Å². The van der Waals surface area contributed by atoms with Crippen molar-refractivity contribution in [2.24, 2.45) is 0 Å². The molecule has 2 heterocycles. The first-order chi connectivity index (χ1) is 10.1. The van der Waals surface area contributed by atoms with Gasteiger partial charge < -0.3 is 20.0 Å². The molecule has 21 heavy (non-hydrogen) atoms. The van der Waals surface area contributed by atoms with E-state index in [2.05, 4.69) is 21.2 Å². The Hall–Kier alpha value is -2.28. The number of rotatable bonds is 2. The Morgan fingerprint density at radius 1 is 1.24 bits per heavy atom. The topological polar surface area (TPSA) is 74.5 Å². The standard InChI is InChI=1S/C14H11BrN2O4/c15-9-7-12-13(21-6-5-20-12)8-10(9)16-14(18)11-3-1-2-4-17(11)19/h1-4,7-8H,5-6H2,(H,16,18). The Morgan fingerprint density at radius 2 is 1.95 bits per heavy atom. The summed E-state index contributed by atoms with van der Waals surface area (Å²) in [7, 11) is 0. The Morgan fingerprint density at radius 3 is 2.67 bits per heavy atom. The quantitative estimate of drug-likeness (QED) is 0.664. The molecule has 1 N–H and O–H groups in total. The third kappa shape index (κ3) is 2.78. The average molecular weight is 351 g/mol. The second kappa shape index (κ2) is 5.61. The maximum Gasteiger partial charge on any atom is 0.321 e. The van der Waals surface area contributed by atoms with Gasteiger partial charge in [-0.25, -0.2) is 0 Å². The van der Waals surface area contributed by atoms with Crippen LogP contribution in [0.2, 0.25) is 0 Å². The number of hydrogen-bond acceptors (Lipinski definition) is 4. The fraction of sp³-hybridized carbons (Fsp3) is 0.143. The number of carbonyl (C=O) groups is 1. The highest BCUT2D eigenvalue weighted by atomic mass is 79.9. The monoisotopic (exact) mass is 350 g/mol. The smallest absolute Gasteiger partial charge is 0.321 e. The molecule has 3 rings (SSSR count). The van der Waals surface area contributed by atoms with Crippen LogP contribution in [-0.2, 0) is 0 Å². The van der Waals surface area contributed by atoms with Crippen molar-refractivity contribution in [3.63, 3.8) is 0 Å². The Bertz CT molecular complexity index is 705. The van der Waals surface area contributed by atoms with Crippen molar-refractivity contribution >= 4 is 27.5 Å². The largest absolute Gasteiger partial charge is 0.618 e. The van der Waals surface area contributed by atoms with Crippen LogP contribution in [0.5, 0.6) is 11.5 Å². The first-order valence-electron chi connectivity index (χ1n) is 6.24. The van der Waals surface area contributed by atoms with Crippen LogP contribution in [0.1, 0.15) is 10.5 Å². The summed E-state index contributed by atoms with van der Waals surface area (Å²) in [5.74, 6) is 0.676. The van der Waals surface area contributed by atoms with Gasteiger partial charge in [0.2, 0.25) is 0 Å². The molecular weight excluding hydrogens is 340 g/mol. The number of hydrogen-bond donors (Lipinski definition) is 1. The number of nitrogens with one attached hydrogen (secondary N) is 1. The van der Waals surface area contributed by atoms with Crippen molar-refractivity contribution in [1.82, 2.24) is 0 Å². The third-order valence-corrected chi connectivity index (χ3v) is 3.59. The van der Waals surface area contributed by atoms with Crippen molar-refractivity contribution < 1.29 is 19.0 Å². The molecule has 1 aromatic carbocycles. The highest BCUT2D eigenvalue weighted by molar-refractivity contribution is 9.10. The molecule has 6 nitrogen and oxygen atoms in total. The third-order valence-electron chi connectivity index (χ3n) is 2.94. The van der Waals surface area contributed by atoms with Gasteiger partial charge in [0.15, 0.2) is 17.7 Å². The van der Waals surface area contributed by atoms with Crippen molar-refractivity contribution in [1.29, 1.82) is 0 Å². The Kier molecular flexibility index (Phi) is 3.66. The van der Waals surface area contributed by atoms with Gasteiger partial charge in [-0.05, 0) is 22.0 Å². The van der Waals surface area contributed by atoms with E-state index >= 15 is 0 Å². The molecule has 1 amide bonds. The number of benzene rings is 1. The fourth-order valence-corrected chi connectivity index (χ4v) is 2.37. The first kappa shape index (κ1) is 13.7. The van der Waals surface area contributed by atoms with E-state index in [0.29, 0.717) is 39.6 Å². The molecule has 0 bridgehead atoms. The number of ether oxygens (including phenoxy) is 2. The molecule has 0 saturated heterocycles. The highest BCUT2D eigenvalue weighted by Gasteiger charge is 2.19. The molecule has 2 aromatic rings. The zero-order chi connectivity index (χ0) is 14.8. The predicted octanol–water partition coefficient (Wildman–Crippen LogP) is 2.11. The molecule has 0 atom stereocenters. The van der Waals surface area contributed by atoms with Gasteiger partial charge in [0, 0.05) is 28.7 Å². The number of carbonyl (C=O) groups excluding carboxylic acids is 1. The zero-order valence-electron chi connectivity index (χ0n) is 10.8. The molecule has 0 aliphatic carbocycles. The summed E-state index contributed by atoms with van der Waals surface area (Å²) in [5, 5.41) is 14.2. The minimum atomic E-state index is -0.497. The Labute approximate surface area is 129 Å². The predicted molar refractivity (Wildman–Crippen MR) is 78.5 cm³/mol. The number of amides is 1. The lowest BCUT2D eigenvalue weighted by Gasteiger charge is -2.20. The number of fused-ring (bicyclic) bond motifs is 1. The lowest BCUT2D eigenvalue weighted by molar-refractivity contribution is -0.607. The summed E-state index contributed by atoms with van der Waals surface area (Å²) in [5.41, 5.74) is 0.521. The van der Waals surface area contributed by atoms with Gasteiger partial charge in [0.25, 0.3) is 5.69 Å². The summed E-state index contributed by atoms with van der Waals surface area (Å²) in [4.78, 5) is 12.1. The molecule has 0 spiro atoms. The fourth-order valence-electron chi connectivity index (χ4n) is 1.95. The van der Waals surface area contributed by atoms with Crippen molar-refractivity contribution in [2.75, 3.05) is 18.5 Å². The molecule has 7 heteroatoms. The normalized spacial score (nSPS) is 12.8. The molecule has 1 aliphatic heterocycles. The van der Waals surface area contributed by atoms with E-state index in [0.717, 1.165) is 0 Å². The summed E-state index contributed by atoms with van der Waals surface area (Å²) >= 11 is 3.36. The highest BCUT2D eigenvalue weighted by Crippen LogP contribution is 2.38. The van der Waals surface area contributed by atoms with Gasteiger partial charge in [-0.15, -0.1) is 0 Å².